The van der Waals surface area contributed by atoms with Crippen molar-refractivity contribution in [3.05, 3.63) is 12.2 Å². The first-order chi connectivity index (χ1) is 4.66. The molecule has 0 N–H and O–H groups in total. The molecule has 0 spiro atoms. The van der Waals surface area contributed by atoms with Crippen molar-refractivity contribution in [3.63, 3.8) is 0 Å². The summed E-state index contributed by atoms with van der Waals surface area (Å²) in [5.74, 6) is 0.128. The molecule has 0 heterocycles. The number of allylic oxidation sites excluding steroid dienone is 1. The Morgan fingerprint density at radius 1 is 1.70 bits per heavy atom. The molecule has 0 rings (SSSR count). The van der Waals surface area contributed by atoms with Crippen molar-refractivity contribution < 1.29 is 14.6 Å². The summed E-state index contributed by atoms with van der Waals surface area (Å²) in [5, 5.41) is 9.75. The fourth-order valence-corrected chi connectivity index (χ4v) is 0.584. The zero-order chi connectivity index (χ0) is 7.98. The molecule has 10 heavy (non-hydrogen) atoms. The van der Waals surface area contributed by atoms with Crippen molar-refractivity contribution in [2.24, 2.45) is 5.92 Å². The van der Waals surface area contributed by atoms with Crippen LogP contribution in [-0.4, -0.2) is 12.8 Å². The highest BCUT2D eigenvalue weighted by Crippen LogP contribution is 1.97. The Balaban J connectivity index is 3.39. The first-order valence-corrected chi connectivity index (χ1v) is 3.13. The van der Waals surface area contributed by atoms with E-state index in [4.69, 9.17) is 0 Å². The zero-order valence-corrected chi connectivity index (χ0v) is 6.16. The van der Waals surface area contributed by atoms with Gasteiger partial charge in [0.15, 0.2) is 0 Å². The third-order valence-corrected chi connectivity index (χ3v) is 0.985. The van der Waals surface area contributed by atoms with E-state index in [1.54, 1.807) is 0 Å². The maximum Gasteiger partial charge on any atom is 0.550 e. The average Bonchev–Trinajstić information content (AvgIpc) is 1.85. The maximum absolute atomic E-state index is 9.75. The number of carbonyl (C=O) groups is 1. The minimum Gasteiger partial charge on any atom is -0.431 e. The standard InChI is InChI=1S/C7H11O3/c1-3-4-6(2)5-10-7(8)9/h3-4,6H,5H2,1-2H3. The van der Waals surface area contributed by atoms with Gasteiger partial charge in [0.1, 0.15) is 6.61 Å². The molecule has 0 fully saturated rings. The van der Waals surface area contributed by atoms with Gasteiger partial charge in [0.2, 0.25) is 0 Å². The van der Waals surface area contributed by atoms with E-state index in [0.717, 1.165) is 0 Å². The van der Waals surface area contributed by atoms with Gasteiger partial charge in [-0.05, 0) is 6.92 Å². The fourth-order valence-electron chi connectivity index (χ4n) is 0.584. The van der Waals surface area contributed by atoms with Gasteiger partial charge in [-0.1, -0.05) is 19.1 Å². The van der Waals surface area contributed by atoms with Crippen LogP contribution in [0.4, 0.5) is 4.79 Å². The van der Waals surface area contributed by atoms with Crippen LogP contribution in [0.25, 0.3) is 0 Å². The Morgan fingerprint density at radius 2 is 2.30 bits per heavy atom. The summed E-state index contributed by atoms with van der Waals surface area (Å²) in [4.78, 5) is 9.75. The fraction of sp³-hybridized carbons (Fsp3) is 0.571. The Kier molecular flexibility index (Phi) is 4.37. The lowest BCUT2D eigenvalue weighted by Crippen LogP contribution is -2.06. The molecule has 1 unspecified atom stereocenters. The van der Waals surface area contributed by atoms with Gasteiger partial charge in [-0.2, -0.15) is 9.90 Å². The van der Waals surface area contributed by atoms with Crippen molar-refractivity contribution in [2.45, 2.75) is 13.8 Å². The number of ether oxygens (including phenoxy) is 1. The van der Waals surface area contributed by atoms with Crippen LogP contribution in [0.15, 0.2) is 12.2 Å². The average molecular weight is 143 g/mol. The van der Waals surface area contributed by atoms with Crippen molar-refractivity contribution in [1.82, 2.24) is 0 Å². The lowest BCUT2D eigenvalue weighted by molar-refractivity contribution is 0.0616. The summed E-state index contributed by atoms with van der Waals surface area (Å²) in [5.41, 5.74) is 0. The highest BCUT2D eigenvalue weighted by Gasteiger charge is 2.01. The summed E-state index contributed by atoms with van der Waals surface area (Å²) < 4.78 is 4.21. The monoisotopic (exact) mass is 143 g/mol. The summed E-state index contributed by atoms with van der Waals surface area (Å²) in [6.07, 6.45) is 2.25. The largest absolute Gasteiger partial charge is 0.550 e. The molecular weight excluding hydrogens is 132 g/mol. The molecule has 57 valence electrons. The van der Waals surface area contributed by atoms with E-state index in [1.165, 1.54) is 0 Å². The molecule has 0 aliphatic carbocycles. The Labute approximate surface area is 60.3 Å². The number of rotatable bonds is 3. The predicted octanol–water partition coefficient (Wildman–Crippen LogP) is 1.77. The van der Waals surface area contributed by atoms with Crippen LogP contribution in [0.3, 0.4) is 0 Å². The molecule has 0 aliphatic heterocycles. The van der Waals surface area contributed by atoms with Crippen molar-refractivity contribution in [1.29, 1.82) is 0 Å². The van der Waals surface area contributed by atoms with Gasteiger partial charge in [0.05, 0.1) is 0 Å². The lowest BCUT2D eigenvalue weighted by atomic mass is 10.2. The quantitative estimate of drug-likeness (QED) is 0.446. The van der Waals surface area contributed by atoms with Crippen LogP contribution in [0.5, 0.6) is 0 Å². The molecule has 0 aromatic heterocycles. The van der Waals surface area contributed by atoms with Crippen LogP contribution in [0, 0.1) is 5.92 Å². The second-order valence-corrected chi connectivity index (χ2v) is 2.06. The Morgan fingerprint density at radius 3 is 2.70 bits per heavy atom. The van der Waals surface area contributed by atoms with E-state index in [9.17, 15) is 9.90 Å². The van der Waals surface area contributed by atoms with Gasteiger partial charge in [0, 0.05) is 5.92 Å². The first-order valence-electron chi connectivity index (χ1n) is 3.13. The van der Waals surface area contributed by atoms with Crippen molar-refractivity contribution >= 4 is 6.16 Å². The van der Waals surface area contributed by atoms with Gasteiger partial charge in [-0.25, -0.2) is 0 Å². The van der Waals surface area contributed by atoms with Crippen LogP contribution in [0.2, 0.25) is 0 Å². The van der Waals surface area contributed by atoms with Gasteiger partial charge < -0.3 is 4.74 Å². The molecule has 0 aromatic rings. The van der Waals surface area contributed by atoms with Gasteiger partial charge in [-0.3, -0.25) is 0 Å². The number of carbonyl (C=O) groups excluding carboxylic acids is 1. The Bertz CT molecular complexity index is 129. The SMILES string of the molecule is CC=CC(C)COC([O])=O. The summed E-state index contributed by atoms with van der Waals surface area (Å²) >= 11 is 0. The van der Waals surface area contributed by atoms with E-state index in [0.29, 0.717) is 0 Å². The smallest absolute Gasteiger partial charge is 0.431 e. The molecule has 1 atom stereocenters. The molecule has 1 radical (unpaired) electrons. The van der Waals surface area contributed by atoms with Crippen molar-refractivity contribution in [3.8, 4) is 0 Å². The highest BCUT2D eigenvalue weighted by molar-refractivity contribution is 5.56. The maximum atomic E-state index is 9.75. The number of hydrogen-bond donors (Lipinski definition) is 0. The second-order valence-electron chi connectivity index (χ2n) is 2.06. The zero-order valence-electron chi connectivity index (χ0n) is 6.16. The van der Waals surface area contributed by atoms with Gasteiger partial charge in [0.25, 0.3) is 0 Å². The highest BCUT2D eigenvalue weighted by atomic mass is 16.7. The molecule has 0 aliphatic rings. The van der Waals surface area contributed by atoms with E-state index in [1.807, 2.05) is 26.0 Å². The van der Waals surface area contributed by atoms with Gasteiger partial charge in [-0.15, -0.1) is 0 Å². The van der Waals surface area contributed by atoms with Crippen molar-refractivity contribution in [2.75, 3.05) is 6.61 Å². The molecule has 0 amide bonds. The number of hydrogen-bond acceptors (Lipinski definition) is 2. The third-order valence-electron chi connectivity index (χ3n) is 0.985. The molecule has 0 bridgehead atoms. The molecular formula is C7H11O3. The van der Waals surface area contributed by atoms with E-state index >= 15 is 0 Å². The van der Waals surface area contributed by atoms with E-state index in [2.05, 4.69) is 4.74 Å². The normalized spacial score (nSPS) is 13.4. The molecule has 0 aromatic carbocycles. The molecule has 0 saturated heterocycles. The van der Waals surface area contributed by atoms with Crippen LogP contribution in [-0.2, 0) is 9.84 Å². The van der Waals surface area contributed by atoms with Crippen LogP contribution in [0.1, 0.15) is 13.8 Å². The minimum atomic E-state index is -1.46. The van der Waals surface area contributed by atoms with Gasteiger partial charge >= 0.3 is 6.16 Å². The summed E-state index contributed by atoms with van der Waals surface area (Å²) in [6.45, 7) is 3.91. The second kappa shape index (κ2) is 4.85. The summed E-state index contributed by atoms with van der Waals surface area (Å²) in [7, 11) is 0. The first kappa shape index (κ1) is 9.01. The van der Waals surface area contributed by atoms with E-state index < -0.39 is 6.16 Å². The third kappa shape index (κ3) is 5.15. The lowest BCUT2D eigenvalue weighted by Gasteiger charge is -2.02. The molecule has 0 saturated carbocycles. The Hall–Kier alpha value is -0.990. The molecule has 3 nitrogen and oxygen atoms in total. The molecule has 3 heteroatoms. The van der Waals surface area contributed by atoms with Crippen LogP contribution < -0.4 is 0 Å². The predicted molar refractivity (Wildman–Crippen MR) is 36.0 cm³/mol. The minimum absolute atomic E-state index is 0.128. The summed E-state index contributed by atoms with van der Waals surface area (Å²) in [6, 6.07) is 0. The topological polar surface area (TPSA) is 46.2 Å². The van der Waals surface area contributed by atoms with E-state index in [-0.39, 0.29) is 12.5 Å². The van der Waals surface area contributed by atoms with Crippen LogP contribution >= 0.6 is 0 Å².